The Bertz CT molecular complexity index is 848. The molecule has 0 saturated carbocycles. The van der Waals surface area contributed by atoms with Crippen LogP contribution in [0.25, 0.3) is 0 Å². The van der Waals surface area contributed by atoms with Gasteiger partial charge in [0.2, 0.25) is 10.0 Å². The summed E-state index contributed by atoms with van der Waals surface area (Å²) in [4.78, 5) is 16.5. The molecule has 24 heavy (non-hydrogen) atoms. The average molecular weight is 349 g/mol. The van der Waals surface area contributed by atoms with Crippen molar-refractivity contribution < 1.29 is 17.9 Å². The number of pyridine rings is 1. The summed E-state index contributed by atoms with van der Waals surface area (Å²) in [5.41, 5.74) is 1.80. The van der Waals surface area contributed by atoms with Gasteiger partial charge >= 0.3 is 0 Å². The molecule has 0 spiro atoms. The molecule has 0 unspecified atom stereocenters. The molecule has 0 bridgehead atoms. The highest BCUT2D eigenvalue weighted by Gasteiger charge is 2.19. The van der Waals surface area contributed by atoms with Crippen LogP contribution in [0.1, 0.15) is 34.6 Å². The number of methoxy groups -OCH3 is 1. The van der Waals surface area contributed by atoms with E-state index in [0.29, 0.717) is 0 Å². The third kappa shape index (κ3) is 4.09. The second-order valence-electron chi connectivity index (χ2n) is 5.34. The summed E-state index contributed by atoms with van der Waals surface area (Å²) in [5, 5.41) is 7.91. The average Bonchev–Trinajstić information content (AvgIpc) is 2.53. The largest absolute Gasteiger partial charge is 0.496 e. The van der Waals surface area contributed by atoms with Crippen molar-refractivity contribution in [2.45, 2.75) is 24.8 Å². The number of hydrogen-bond acceptors (Lipinski definition) is 5. The molecule has 128 valence electrons. The molecule has 1 heterocycles. The molecule has 0 fully saturated rings. The number of carbonyl (C=O) groups excluding carboxylic acids is 1. The van der Waals surface area contributed by atoms with E-state index in [9.17, 15) is 13.2 Å². The zero-order valence-electron chi connectivity index (χ0n) is 13.6. The van der Waals surface area contributed by atoms with Gasteiger partial charge in [0.1, 0.15) is 5.75 Å². The van der Waals surface area contributed by atoms with Crippen molar-refractivity contribution in [1.29, 1.82) is 0 Å². The molecule has 0 aliphatic rings. The number of hydrogen-bond donors (Lipinski definition) is 2. The number of aromatic nitrogens is 1. The van der Waals surface area contributed by atoms with Crippen molar-refractivity contribution in [3.63, 3.8) is 0 Å². The normalized spacial score (nSPS) is 12.5. The third-order valence-corrected chi connectivity index (χ3v) is 4.44. The molecule has 0 saturated heterocycles. The zero-order valence-corrected chi connectivity index (χ0v) is 14.4. The van der Waals surface area contributed by atoms with Crippen LogP contribution in [0.3, 0.4) is 0 Å². The first-order chi connectivity index (χ1) is 11.2. The number of nitrogens with two attached hydrogens (primary N) is 1. The fraction of sp³-hybridized carbons (Fsp3) is 0.250. The van der Waals surface area contributed by atoms with Crippen molar-refractivity contribution >= 4 is 15.9 Å². The maximum Gasteiger partial charge on any atom is 0.255 e. The van der Waals surface area contributed by atoms with Crippen LogP contribution >= 0.6 is 0 Å². The van der Waals surface area contributed by atoms with Crippen LogP contribution in [0.15, 0.2) is 41.4 Å². The molecule has 3 N–H and O–H groups in total. The lowest BCUT2D eigenvalue weighted by molar-refractivity contribution is 0.0936. The Balaban J connectivity index is 2.29. The molecule has 0 aliphatic heterocycles. The Labute approximate surface area is 140 Å². The lowest BCUT2D eigenvalue weighted by Gasteiger charge is -2.16. The minimum absolute atomic E-state index is 0.0935. The molecule has 0 radical (unpaired) electrons. The summed E-state index contributed by atoms with van der Waals surface area (Å²) in [6.45, 7) is 3.68. The standard InChI is InChI=1S/C16H19N3O4S/c1-10-4-5-12(9-18-10)11(2)19-16(20)14-8-13(24(17,21)22)6-7-15(14)23-3/h4-9,11H,1-3H3,(H,19,20)(H2,17,21,22)/t11-/m0/s1. The number of primary sulfonamides is 1. The van der Waals surface area contributed by atoms with Crippen molar-refractivity contribution in [1.82, 2.24) is 10.3 Å². The maximum atomic E-state index is 12.5. The van der Waals surface area contributed by atoms with Gasteiger partial charge in [-0.05, 0) is 43.7 Å². The molecule has 0 aliphatic carbocycles. The van der Waals surface area contributed by atoms with Crippen LogP contribution in [0, 0.1) is 6.92 Å². The number of rotatable bonds is 5. The topological polar surface area (TPSA) is 111 Å². The molecule has 7 nitrogen and oxygen atoms in total. The number of carbonyl (C=O) groups is 1. The fourth-order valence-corrected chi connectivity index (χ4v) is 2.67. The van der Waals surface area contributed by atoms with Gasteiger partial charge in [-0.25, -0.2) is 13.6 Å². The Morgan fingerprint density at radius 2 is 2.00 bits per heavy atom. The van der Waals surface area contributed by atoms with Crippen LogP contribution < -0.4 is 15.2 Å². The summed E-state index contributed by atoms with van der Waals surface area (Å²) in [5.74, 6) is -0.209. The second-order valence-corrected chi connectivity index (χ2v) is 6.90. The lowest BCUT2D eigenvalue weighted by atomic mass is 10.1. The van der Waals surface area contributed by atoms with E-state index in [4.69, 9.17) is 9.88 Å². The first-order valence-corrected chi connectivity index (χ1v) is 8.71. The summed E-state index contributed by atoms with van der Waals surface area (Å²) in [6, 6.07) is 7.29. The van der Waals surface area contributed by atoms with Gasteiger partial charge in [0.25, 0.3) is 5.91 Å². The molecule has 1 aromatic carbocycles. The molecule has 8 heteroatoms. The predicted octanol–water partition coefficient (Wildman–Crippen LogP) is 1.54. The van der Waals surface area contributed by atoms with E-state index in [1.807, 2.05) is 19.1 Å². The number of nitrogens with zero attached hydrogens (tertiary/aromatic N) is 1. The van der Waals surface area contributed by atoms with Gasteiger partial charge in [-0.1, -0.05) is 6.07 Å². The molecule has 1 aromatic heterocycles. The van der Waals surface area contributed by atoms with Crippen molar-refractivity contribution in [2.75, 3.05) is 7.11 Å². The quantitative estimate of drug-likeness (QED) is 0.850. The maximum absolute atomic E-state index is 12.5. The van der Waals surface area contributed by atoms with E-state index in [-0.39, 0.29) is 22.3 Å². The van der Waals surface area contributed by atoms with E-state index in [1.54, 1.807) is 13.1 Å². The summed E-state index contributed by atoms with van der Waals surface area (Å²) in [7, 11) is -2.52. The van der Waals surface area contributed by atoms with Crippen LogP contribution in [-0.4, -0.2) is 26.4 Å². The van der Waals surface area contributed by atoms with Gasteiger partial charge in [0.05, 0.1) is 23.6 Å². The van der Waals surface area contributed by atoms with Gasteiger partial charge in [0, 0.05) is 11.9 Å². The first kappa shape index (κ1) is 17.9. The summed E-state index contributed by atoms with van der Waals surface area (Å²) in [6.07, 6.45) is 1.68. The molecule has 2 rings (SSSR count). The van der Waals surface area contributed by atoms with E-state index in [1.165, 1.54) is 25.3 Å². The Morgan fingerprint density at radius 1 is 1.29 bits per heavy atom. The van der Waals surface area contributed by atoms with Crippen molar-refractivity contribution in [3.05, 3.63) is 53.3 Å². The number of aryl methyl sites for hydroxylation is 1. The smallest absolute Gasteiger partial charge is 0.255 e. The monoisotopic (exact) mass is 349 g/mol. The minimum Gasteiger partial charge on any atom is -0.496 e. The van der Waals surface area contributed by atoms with E-state index >= 15 is 0 Å². The molecular weight excluding hydrogens is 330 g/mol. The van der Waals surface area contributed by atoms with E-state index < -0.39 is 15.9 Å². The van der Waals surface area contributed by atoms with Gasteiger partial charge in [-0.15, -0.1) is 0 Å². The number of nitrogens with one attached hydrogen (secondary N) is 1. The highest BCUT2D eigenvalue weighted by atomic mass is 32.2. The van der Waals surface area contributed by atoms with Crippen molar-refractivity contribution in [2.24, 2.45) is 5.14 Å². The Hall–Kier alpha value is -2.45. The summed E-state index contributed by atoms with van der Waals surface area (Å²) < 4.78 is 28.1. The van der Waals surface area contributed by atoms with E-state index in [0.717, 1.165) is 11.3 Å². The van der Waals surface area contributed by atoms with Gasteiger partial charge < -0.3 is 10.1 Å². The van der Waals surface area contributed by atoms with Gasteiger partial charge in [-0.2, -0.15) is 0 Å². The Kier molecular flexibility index (Phi) is 5.20. The molecule has 2 aromatic rings. The first-order valence-electron chi connectivity index (χ1n) is 7.16. The van der Waals surface area contributed by atoms with E-state index in [2.05, 4.69) is 10.3 Å². The Morgan fingerprint density at radius 3 is 2.54 bits per heavy atom. The lowest BCUT2D eigenvalue weighted by Crippen LogP contribution is -2.27. The predicted molar refractivity (Wildman–Crippen MR) is 89.2 cm³/mol. The molecule has 1 atom stereocenters. The van der Waals surface area contributed by atoms with Crippen molar-refractivity contribution in [3.8, 4) is 5.75 Å². The van der Waals surface area contributed by atoms with Gasteiger partial charge in [-0.3, -0.25) is 9.78 Å². The van der Waals surface area contributed by atoms with Crippen LogP contribution in [-0.2, 0) is 10.0 Å². The van der Waals surface area contributed by atoms with Crippen LogP contribution in [0.5, 0.6) is 5.75 Å². The molecular formula is C16H19N3O4S. The van der Waals surface area contributed by atoms with Crippen LogP contribution in [0.4, 0.5) is 0 Å². The number of amides is 1. The molecule has 1 amide bonds. The third-order valence-electron chi connectivity index (χ3n) is 3.53. The zero-order chi connectivity index (χ0) is 17.9. The highest BCUT2D eigenvalue weighted by Crippen LogP contribution is 2.23. The highest BCUT2D eigenvalue weighted by molar-refractivity contribution is 7.89. The SMILES string of the molecule is COc1ccc(S(N)(=O)=O)cc1C(=O)N[C@@H](C)c1ccc(C)nc1. The summed E-state index contributed by atoms with van der Waals surface area (Å²) >= 11 is 0. The number of sulfonamides is 1. The minimum atomic E-state index is -3.91. The van der Waals surface area contributed by atoms with Crippen LogP contribution in [0.2, 0.25) is 0 Å². The second kappa shape index (κ2) is 6.98. The number of ether oxygens (including phenoxy) is 1. The fourth-order valence-electron chi connectivity index (χ4n) is 2.13. The number of benzene rings is 1. The van der Waals surface area contributed by atoms with Gasteiger partial charge in [0.15, 0.2) is 0 Å².